The number of furan rings is 1. The van der Waals surface area contributed by atoms with Crippen molar-refractivity contribution in [1.29, 1.82) is 0 Å². The van der Waals surface area contributed by atoms with Crippen molar-refractivity contribution in [3.05, 3.63) is 54.5 Å². The summed E-state index contributed by atoms with van der Waals surface area (Å²) in [4.78, 5) is 24.2. The first-order valence-corrected chi connectivity index (χ1v) is 10.7. The standard InChI is InChI=1S/C20H22N2O7S/c1-15(29-19(23)9-6-17-3-2-12-28-17)20(24)21-16-4-7-18(8-5-16)30(25,26)22-10-13-27-14-11-22/h2-9,12,15H,10-11,13-14H2,1H3,(H,21,24)/b9-6+. The largest absolute Gasteiger partial charge is 0.465 e. The molecule has 1 amide bonds. The van der Waals surface area contributed by atoms with Crippen LogP contribution in [0.1, 0.15) is 12.7 Å². The van der Waals surface area contributed by atoms with Gasteiger partial charge in [-0.3, -0.25) is 4.79 Å². The fourth-order valence-corrected chi connectivity index (χ4v) is 4.10. The highest BCUT2D eigenvalue weighted by molar-refractivity contribution is 7.89. The topological polar surface area (TPSA) is 115 Å². The molecule has 1 aromatic heterocycles. The minimum Gasteiger partial charge on any atom is -0.465 e. The van der Waals surface area contributed by atoms with Crippen molar-refractivity contribution in [2.45, 2.75) is 17.9 Å². The highest BCUT2D eigenvalue weighted by Gasteiger charge is 2.26. The third-order valence-electron chi connectivity index (χ3n) is 4.32. The molecule has 1 unspecified atom stereocenters. The quantitative estimate of drug-likeness (QED) is 0.523. The number of morpholine rings is 1. The number of nitrogens with zero attached hydrogens (tertiary/aromatic N) is 1. The number of hydrogen-bond acceptors (Lipinski definition) is 7. The first kappa shape index (κ1) is 21.8. The lowest BCUT2D eigenvalue weighted by molar-refractivity contribution is -0.148. The fraction of sp³-hybridized carbons (Fsp3) is 0.300. The molecule has 1 aromatic carbocycles. The molecule has 0 aliphatic carbocycles. The van der Waals surface area contributed by atoms with Crippen molar-refractivity contribution in [1.82, 2.24) is 4.31 Å². The summed E-state index contributed by atoms with van der Waals surface area (Å²) in [5.74, 6) is -0.754. The van der Waals surface area contributed by atoms with E-state index in [2.05, 4.69) is 5.32 Å². The van der Waals surface area contributed by atoms with Gasteiger partial charge in [-0.1, -0.05) is 0 Å². The minimum absolute atomic E-state index is 0.130. The van der Waals surface area contributed by atoms with Crippen molar-refractivity contribution in [2.24, 2.45) is 0 Å². The zero-order valence-electron chi connectivity index (χ0n) is 16.3. The number of benzene rings is 1. The number of hydrogen-bond donors (Lipinski definition) is 1. The maximum atomic E-state index is 12.6. The van der Waals surface area contributed by atoms with Gasteiger partial charge in [0, 0.05) is 24.9 Å². The molecule has 1 atom stereocenters. The highest BCUT2D eigenvalue weighted by atomic mass is 32.2. The van der Waals surface area contributed by atoms with Crippen LogP contribution in [0.3, 0.4) is 0 Å². The molecular formula is C20H22N2O7S. The average Bonchev–Trinajstić information content (AvgIpc) is 3.27. The van der Waals surface area contributed by atoms with Crippen molar-refractivity contribution in [3.8, 4) is 0 Å². The van der Waals surface area contributed by atoms with Gasteiger partial charge in [-0.2, -0.15) is 4.31 Å². The van der Waals surface area contributed by atoms with Crippen LogP contribution in [0.4, 0.5) is 5.69 Å². The number of amides is 1. The Morgan fingerprint density at radius 2 is 1.87 bits per heavy atom. The van der Waals surface area contributed by atoms with Gasteiger partial charge in [0.2, 0.25) is 10.0 Å². The summed E-state index contributed by atoms with van der Waals surface area (Å²) in [6.07, 6.45) is 3.02. The van der Waals surface area contributed by atoms with Crippen molar-refractivity contribution < 1.29 is 31.9 Å². The van der Waals surface area contributed by atoms with Crippen molar-refractivity contribution >= 4 is 33.7 Å². The number of carbonyl (C=O) groups excluding carboxylic acids is 2. The molecule has 9 nitrogen and oxygen atoms in total. The normalized spacial score (nSPS) is 16.3. The van der Waals surface area contributed by atoms with Crippen LogP contribution < -0.4 is 5.32 Å². The summed E-state index contributed by atoms with van der Waals surface area (Å²) in [5.41, 5.74) is 0.384. The van der Waals surface area contributed by atoms with Gasteiger partial charge in [-0.05, 0) is 49.4 Å². The zero-order chi connectivity index (χ0) is 21.6. The van der Waals surface area contributed by atoms with Gasteiger partial charge in [0.15, 0.2) is 6.10 Å². The third kappa shape index (κ3) is 5.56. The van der Waals surface area contributed by atoms with Crippen LogP contribution >= 0.6 is 0 Å². The minimum atomic E-state index is -3.61. The van der Waals surface area contributed by atoms with Crippen LogP contribution in [0.5, 0.6) is 0 Å². The van der Waals surface area contributed by atoms with Crippen molar-refractivity contribution in [2.75, 3.05) is 31.6 Å². The Morgan fingerprint density at radius 3 is 2.50 bits per heavy atom. The van der Waals surface area contributed by atoms with E-state index >= 15 is 0 Å². The number of carbonyl (C=O) groups is 2. The number of esters is 1. The number of anilines is 1. The van der Waals surface area contributed by atoms with E-state index < -0.39 is 28.0 Å². The Hall–Kier alpha value is -2.95. The lowest BCUT2D eigenvalue weighted by Gasteiger charge is -2.26. The van der Waals surface area contributed by atoms with Gasteiger partial charge in [0.05, 0.1) is 24.4 Å². The number of nitrogens with one attached hydrogen (secondary N) is 1. The first-order valence-electron chi connectivity index (χ1n) is 9.27. The average molecular weight is 434 g/mol. The van der Waals surface area contributed by atoms with Gasteiger partial charge in [0.1, 0.15) is 5.76 Å². The molecule has 1 saturated heterocycles. The SMILES string of the molecule is CC(OC(=O)/C=C/c1ccco1)C(=O)Nc1ccc(S(=O)(=O)N2CCOCC2)cc1. The van der Waals surface area contributed by atoms with E-state index in [0.29, 0.717) is 37.8 Å². The van der Waals surface area contributed by atoms with E-state index in [0.717, 1.165) is 6.08 Å². The van der Waals surface area contributed by atoms with E-state index in [1.54, 1.807) is 12.1 Å². The molecule has 10 heteroatoms. The number of ether oxygens (including phenoxy) is 2. The molecule has 2 heterocycles. The monoisotopic (exact) mass is 434 g/mol. The van der Waals surface area contributed by atoms with Crippen LogP contribution in [-0.2, 0) is 29.1 Å². The first-order chi connectivity index (χ1) is 14.4. The summed E-state index contributed by atoms with van der Waals surface area (Å²) in [5, 5.41) is 2.59. The maximum absolute atomic E-state index is 12.6. The van der Waals surface area contributed by atoms with Gasteiger partial charge in [-0.25, -0.2) is 13.2 Å². The van der Waals surface area contributed by atoms with Crippen LogP contribution in [0.2, 0.25) is 0 Å². The Morgan fingerprint density at radius 1 is 1.17 bits per heavy atom. The van der Waals surface area contributed by atoms with E-state index in [1.807, 2.05) is 0 Å². The predicted octanol–water partition coefficient (Wildman–Crippen LogP) is 1.88. The van der Waals surface area contributed by atoms with Gasteiger partial charge >= 0.3 is 5.97 Å². The molecule has 1 fully saturated rings. The molecule has 30 heavy (non-hydrogen) atoms. The van der Waals surface area contributed by atoms with E-state index in [1.165, 1.54) is 47.8 Å². The van der Waals surface area contributed by atoms with Crippen LogP contribution in [0, 0.1) is 0 Å². The second-order valence-corrected chi connectivity index (χ2v) is 8.40. The molecule has 3 rings (SSSR count). The predicted molar refractivity (Wildman–Crippen MR) is 108 cm³/mol. The Balaban J connectivity index is 1.55. The van der Waals surface area contributed by atoms with Crippen molar-refractivity contribution in [3.63, 3.8) is 0 Å². The number of sulfonamides is 1. The summed E-state index contributed by atoms with van der Waals surface area (Å²) in [6.45, 7) is 2.77. The van der Waals surface area contributed by atoms with Crippen LogP contribution in [0.25, 0.3) is 6.08 Å². The molecule has 160 valence electrons. The molecule has 0 radical (unpaired) electrons. The Bertz CT molecular complexity index is 992. The van der Waals surface area contributed by atoms with Crippen LogP contribution in [0.15, 0.2) is 58.1 Å². The fourth-order valence-electron chi connectivity index (χ4n) is 2.69. The van der Waals surface area contributed by atoms with E-state index in [-0.39, 0.29) is 4.90 Å². The molecule has 1 aliphatic heterocycles. The van der Waals surface area contributed by atoms with Crippen LogP contribution in [-0.4, -0.2) is 57.0 Å². The smallest absolute Gasteiger partial charge is 0.331 e. The molecule has 0 bridgehead atoms. The second-order valence-electron chi connectivity index (χ2n) is 6.46. The molecular weight excluding hydrogens is 412 g/mol. The zero-order valence-corrected chi connectivity index (χ0v) is 17.1. The molecule has 1 N–H and O–H groups in total. The Kier molecular flexibility index (Phi) is 7.03. The summed E-state index contributed by atoms with van der Waals surface area (Å²) >= 11 is 0. The van der Waals surface area contributed by atoms with Gasteiger partial charge in [0.25, 0.3) is 5.91 Å². The maximum Gasteiger partial charge on any atom is 0.331 e. The lowest BCUT2D eigenvalue weighted by atomic mass is 10.3. The molecule has 1 aliphatic rings. The summed E-state index contributed by atoms with van der Waals surface area (Å²) in [6, 6.07) is 9.15. The lowest BCUT2D eigenvalue weighted by Crippen LogP contribution is -2.40. The van der Waals surface area contributed by atoms with Gasteiger partial charge < -0.3 is 19.2 Å². The second kappa shape index (κ2) is 9.70. The molecule has 0 spiro atoms. The van der Waals surface area contributed by atoms with E-state index in [4.69, 9.17) is 13.9 Å². The molecule has 0 saturated carbocycles. The highest BCUT2D eigenvalue weighted by Crippen LogP contribution is 2.19. The summed E-state index contributed by atoms with van der Waals surface area (Å²) < 4.78 is 41.9. The molecule has 2 aromatic rings. The number of rotatable bonds is 7. The van der Waals surface area contributed by atoms with Gasteiger partial charge in [-0.15, -0.1) is 0 Å². The third-order valence-corrected chi connectivity index (χ3v) is 6.23. The Labute approximate surface area is 174 Å². The van der Waals surface area contributed by atoms with E-state index in [9.17, 15) is 18.0 Å². The summed E-state index contributed by atoms with van der Waals surface area (Å²) in [7, 11) is -3.61.